The van der Waals surface area contributed by atoms with Crippen molar-refractivity contribution < 1.29 is 32.6 Å². The number of carbonyl (C=O) groups excluding carboxylic acids is 1. The fourth-order valence-electron chi connectivity index (χ4n) is 3.86. The summed E-state index contributed by atoms with van der Waals surface area (Å²) in [5, 5.41) is 15.2. The van der Waals surface area contributed by atoms with Gasteiger partial charge in [-0.1, -0.05) is 18.3 Å². The summed E-state index contributed by atoms with van der Waals surface area (Å²) in [6.07, 6.45) is -4.83. The Morgan fingerprint density at radius 2 is 2.09 bits per heavy atom. The van der Waals surface area contributed by atoms with E-state index < -0.39 is 29.3 Å². The molecule has 14 heteroatoms. The Hall–Kier alpha value is -3.39. The predicted molar refractivity (Wildman–Crippen MR) is 129 cm³/mol. The number of aromatic carboxylic acids is 1. The van der Waals surface area contributed by atoms with E-state index in [1.165, 1.54) is 36.0 Å². The van der Waals surface area contributed by atoms with E-state index in [4.69, 9.17) is 5.73 Å². The molecule has 0 bridgehead atoms. The number of alkyl halides is 3. The first kappa shape index (κ1) is 24.7. The van der Waals surface area contributed by atoms with Crippen LogP contribution in [0.5, 0.6) is 5.75 Å². The molecule has 5 N–H and O–H groups in total. The maximum Gasteiger partial charge on any atom is 0.573 e. The van der Waals surface area contributed by atoms with Crippen molar-refractivity contribution in [3.05, 3.63) is 42.0 Å². The molecule has 3 aromatic rings. The van der Waals surface area contributed by atoms with Crippen molar-refractivity contribution in [3.8, 4) is 5.75 Å². The van der Waals surface area contributed by atoms with Crippen LogP contribution in [0.2, 0.25) is 0 Å². The number of nitrogens with two attached hydrogens (primary N) is 1. The van der Waals surface area contributed by atoms with Crippen molar-refractivity contribution >= 4 is 61.7 Å². The number of hydrogen-bond acceptors (Lipinski definition) is 9. The van der Waals surface area contributed by atoms with E-state index in [0.29, 0.717) is 32.5 Å². The number of thioether (sulfide) groups is 1. The van der Waals surface area contributed by atoms with Crippen LogP contribution < -0.4 is 26.0 Å². The first-order valence-corrected chi connectivity index (χ1v) is 12.0. The molecule has 0 saturated carbocycles. The third-order valence-corrected chi connectivity index (χ3v) is 7.50. The van der Waals surface area contributed by atoms with E-state index in [1.54, 1.807) is 18.0 Å². The largest absolute Gasteiger partial charge is 0.573 e. The molecule has 1 aliphatic heterocycles. The van der Waals surface area contributed by atoms with E-state index in [9.17, 15) is 27.9 Å². The van der Waals surface area contributed by atoms with Crippen LogP contribution >= 0.6 is 23.1 Å². The van der Waals surface area contributed by atoms with E-state index in [2.05, 4.69) is 20.4 Å². The number of benzene rings is 2. The Bertz CT molecular complexity index is 1300. The van der Waals surface area contributed by atoms with E-state index in [-0.39, 0.29) is 11.3 Å². The first-order chi connectivity index (χ1) is 16.4. The Morgan fingerprint density at radius 1 is 1.34 bits per heavy atom. The highest BCUT2D eigenvalue weighted by atomic mass is 32.2. The molecule has 186 valence electrons. The van der Waals surface area contributed by atoms with Crippen molar-refractivity contribution in [2.75, 3.05) is 28.3 Å². The number of anilines is 3. The minimum Gasteiger partial charge on any atom is -0.478 e. The molecule has 2 aromatic carbocycles. The number of aromatic nitrogens is 1. The number of nitrogens with one attached hydrogen (secondary N) is 2. The molecule has 4 rings (SSSR count). The van der Waals surface area contributed by atoms with Gasteiger partial charge in [0, 0.05) is 13.1 Å². The van der Waals surface area contributed by atoms with Gasteiger partial charge in [-0.05, 0) is 36.1 Å². The van der Waals surface area contributed by atoms with Gasteiger partial charge in [-0.2, -0.15) is 0 Å². The Morgan fingerprint density at radius 3 is 2.71 bits per heavy atom. The molecule has 2 atom stereocenters. The van der Waals surface area contributed by atoms with Crippen LogP contribution in [-0.2, 0) is 4.79 Å². The second kappa shape index (κ2) is 9.00. The van der Waals surface area contributed by atoms with E-state index in [1.807, 2.05) is 6.92 Å². The highest BCUT2D eigenvalue weighted by Gasteiger charge is 2.51. The highest BCUT2D eigenvalue weighted by Crippen LogP contribution is 2.45. The first-order valence-electron chi connectivity index (χ1n) is 10.2. The van der Waals surface area contributed by atoms with Gasteiger partial charge in [-0.25, -0.2) is 9.78 Å². The van der Waals surface area contributed by atoms with Gasteiger partial charge in [0.15, 0.2) is 5.13 Å². The summed E-state index contributed by atoms with van der Waals surface area (Å²) in [4.78, 5) is 30.2. The van der Waals surface area contributed by atoms with E-state index >= 15 is 0 Å². The fourth-order valence-corrected chi connectivity index (χ4v) is 5.82. The van der Waals surface area contributed by atoms with Crippen LogP contribution in [0.3, 0.4) is 0 Å². The number of thiazole rings is 1. The summed E-state index contributed by atoms with van der Waals surface area (Å²) >= 11 is 2.34. The molecule has 1 aliphatic rings. The molecule has 0 radical (unpaired) electrons. The zero-order valence-electron chi connectivity index (χ0n) is 18.3. The average Bonchev–Trinajstić information content (AvgIpc) is 3.28. The summed E-state index contributed by atoms with van der Waals surface area (Å²) in [7, 11) is 1.71. The smallest absolute Gasteiger partial charge is 0.478 e. The van der Waals surface area contributed by atoms with E-state index in [0.717, 1.165) is 17.4 Å². The van der Waals surface area contributed by atoms with Crippen LogP contribution in [0.1, 0.15) is 17.3 Å². The van der Waals surface area contributed by atoms with Crippen molar-refractivity contribution in [1.29, 1.82) is 0 Å². The van der Waals surface area contributed by atoms with Crippen LogP contribution in [0.4, 0.5) is 29.7 Å². The number of primary amides is 1. The Balaban J connectivity index is 1.76. The third kappa shape index (κ3) is 4.75. The number of carboxylic acids is 1. The zero-order chi connectivity index (χ0) is 25.5. The standard InChI is InChI=1S/C21H20F3N5O4S2/c1-3-34-16(17(25)30)20(27-13-8-10(18(31)32)4-7-14(13)29(20)2)28-19-26-12-6-5-11(9-15(12)35-19)33-21(22,23)24/h4-9,16,27H,3H2,1-2H3,(H2,25,30)(H,26,28)(H,31,32). The summed E-state index contributed by atoms with van der Waals surface area (Å²) < 4.78 is 42.3. The lowest BCUT2D eigenvalue weighted by molar-refractivity contribution is -0.274. The molecule has 0 saturated heterocycles. The molecule has 1 aromatic heterocycles. The number of ether oxygens (including phenoxy) is 1. The number of carboxylic acid groups (broad SMARTS) is 1. The molecular formula is C21H20F3N5O4S2. The zero-order valence-corrected chi connectivity index (χ0v) is 20.0. The topological polar surface area (TPSA) is 130 Å². The van der Waals surface area contributed by atoms with Crippen molar-refractivity contribution in [1.82, 2.24) is 4.98 Å². The fraction of sp³-hybridized carbons (Fsp3) is 0.286. The second-order valence-corrected chi connectivity index (χ2v) is 9.96. The Kier molecular flexibility index (Phi) is 6.36. The lowest BCUT2D eigenvalue weighted by Crippen LogP contribution is -2.65. The molecule has 1 amide bonds. The quantitative estimate of drug-likeness (QED) is 0.342. The molecule has 2 unspecified atom stereocenters. The summed E-state index contributed by atoms with van der Waals surface area (Å²) in [5.41, 5.74) is 7.33. The number of fused-ring (bicyclic) bond motifs is 2. The SMILES string of the molecule is CCSC(C(N)=O)C1(Nc2nc3ccc(OC(F)(F)F)cc3s2)Nc2cc(C(=O)O)ccc2N1C. The third-order valence-electron chi connectivity index (χ3n) is 5.32. The minimum absolute atomic E-state index is 0.0522. The molecule has 0 spiro atoms. The minimum atomic E-state index is -4.83. The van der Waals surface area contributed by atoms with Crippen molar-refractivity contribution in [2.24, 2.45) is 5.73 Å². The van der Waals surface area contributed by atoms with Crippen LogP contribution in [0.25, 0.3) is 10.2 Å². The van der Waals surface area contributed by atoms with Gasteiger partial charge >= 0.3 is 12.3 Å². The number of halogens is 3. The average molecular weight is 528 g/mol. The maximum atomic E-state index is 12.6. The van der Waals surface area contributed by atoms with Crippen LogP contribution in [-0.4, -0.2) is 52.2 Å². The van der Waals surface area contributed by atoms with Gasteiger partial charge in [0.2, 0.25) is 11.7 Å². The molecule has 35 heavy (non-hydrogen) atoms. The maximum absolute atomic E-state index is 12.6. The lowest BCUT2D eigenvalue weighted by atomic mass is 10.2. The molecular weight excluding hydrogens is 507 g/mol. The second-order valence-electron chi connectivity index (χ2n) is 7.55. The summed E-state index contributed by atoms with van der Waals surface area (Å²) in [6.45, 7) is 1.86. The predicted octanol–water partition coefficient (Wildman–Crippen LogP) is 4.13. The Labute approximate surface area is 205 Å². The number of rotatable bonds is 8. The highest BCUT2D eigenvalue weighted by molar-refractivity contribution is 8.00. The summed E-state index contributed by atoms with van der Waals surface area (Å²) in [6, 6.07) is 8.30. The van der Waals surface area contributed by atoms with Crippen LogP contribution in [0, 0.1) is 0 Å². The number of nitrogens with zero attached hydrogens (tertiary/aromatic N) is 2. The van der Waals surface area contributed by atoms with Gasteiger partial charge in [0.25, 0.3) is 0 Å². The lowest BCUT2D eigenvalue weighted by Gasteiger charge is -2.42. The normalized spacial score (nSPS) is 18.1. The summed E-state index contributed by atoms with van der Waals surface area (Å²) in [5.74, 6) is -2.92. The van der Waals surface area contributed by atoms with Gasteiger partial charge in [-0.3, -0.25) is 4.79 Å². The van der Waals surface area contributed by atoms with Gasteiger partial charge < -0.3 is 31.1 Å². The molecule has 2 heterocycles. The number of hydrogen-bond donors (Lipinski definition) is 4. The van der Waals surface area contributed by atoms with Crippen LogP contribution in [0.15, 0.2) is 36.4 Å². The van der Waals surface area contributed by atoms with Gasteiger partial charge in [-0.15, -0.1) is 24.9 Å². The molecule has 0 fully saturated rings. The number of amides is 1. The monoisotopic (exact) mass is 527 g/mol. The van der Waals surface area contributed by atoms with Gasteiger partial charge in [0.05, 0.1) is 27.2 Å². The van der Waals surface area contributed by atoms with Crippen molar-refractivity contribution in [3.63, 3.8) is 0 Å². The van der Waals surface area contributed by atoms with Crippen molar-refractivity contribution in [2.45, 2.75) is 24.3 Å². The van der Waals surface area contributed by atoms with Gasteiger partial charge in [0.1, 0.15) is 11.0 Å². The number of carbonyl (C=O) groups is 2. The molecule has 0 aliphatic carbocycles. The molecule has 9 nitrogen and oxygen atoms in total.